The largest absolute Gasteiger partial charge is 0.481 e. The lowest BCUT2D eigenvalue weighted by Crippen LogP contribution is -2.03. The molecule has 96 valence electrons. The van der Waals surface area contributed by atoms with Gasteiger partial charge in [0.05, 0.1) is 0 Å². The van der Waals surface area contributed by atoms with Crippen LogP contribution >= 0.6 is 0 Å². The maximum absolute atomic E-state index is 10.1. The molecule has 1 amide bonds. The van der Waals surface area contributed by atoms with Gasteiger partial charge in [-0.1, -0.05) is 45.4 Å². The molecule has 5 heteroatoms. The number of carboxylic acids is 1. The number of unbranched alkanes of at least 4 members (excludes halogenated alkanes) is 6. The lowest BCUT2D eigenvalue weighted by Gasteiger charge is -1.98. The monoisotopic (exact) mass is 233 g/mol. The summed E-state index contributed by atoms with van der Waals surface area (Å²) in [6, 6.07) is 0. The zero-order valence-corrected chi connectivity index (χ0v) is 9.95. The van der Waals surface area contributed by atoms with Crippen LogP contribution in [-0.4, -0.2) is 22.3 Å². The topological polar surface area (TPSA) is 101 Å². The number of aliphatic carboxylic acids is 1. The van der Waals surface area contributed by atoms with E-state index in [9.17, 15) is 4.79 Å². The third-order valence-corrected chi connectivity index (χ3v) is 1.99. The molecule has 0 aromatic heterocycles. The molecule has 16 heavy (non-hydrogen) atoms. The zero-order chi connectivity index (χ0) is 12.8. The Hall–Kier alpha value is -1.26. The van der Waals surface area contributed by atoms with E-state index in [1.807, 2.05) is 0 Å². The molecule has 0 aliphatic carbocycles. The van der Waals surface area contributed by atoms with Gasteiger partial charge in [-0.15, -0.1) is 0 Å². The molecular weight excluding hydrogens is 210 g/mol. The summed E-state index contributed by atoms with van der Waals surface area (Å²) in [6.45, 7) is 2.20. The van der Waals surface area contributed by atoms with E-state index in [1.165, 1.54) is 32.1 Å². The van der Waals surface area contributed by atoms with Gasteiger partial charge in [-0.3, -0.25) is 4.79 Å². The standard InChI is InChI=1S/C10H20O2.CH3NO2/c1-2-3-4-5-6-7-8-9-10(11)12;2-1(3)4/h2-9H2,1H3,(H,11,12);2H2,(H,3,4). The molecule has 0 saturated carbocycles. The molecule has 0 unspecified atom stereocenters. The summed E-state index contributed by atoms with van der Waals surface area (Å²) in [4.78, 5) is 18.9. The Kier molecular flexibility index (Phi) is 14.7. The van der Waals surface area contributed by atoms with E-state index in [0.29, 0.717) is 6.42 Å². The van der Waals surface area contributed by atoms with Crippen LogP contribution in [0.2, 0.25) is 0 Å². The second kappa shape index (κ2) is 13.7. The fraction of sp³-hybridized carbons (Fsp3) is 0.818. The average molecular weight is 233 g/mol. The molecular formula is C11H23NO4. The SMILES string of the molecule is CCCCCCCCCC(=O)O.NC(=O)O. The van der Waals surface area contributed by atoms with Crippen LogP contribution in [0.5, 0.6) is 0 Å². The molecule has 0 atom stereocenters. The highest BCUT2D eigenvalue weighted by molar-refractivity contribution is 5.66. The molecule has 0 aliphatic rings. The van der Waals surface area contributed by atoms with Crippen LogP contribution in [0.3, 0.4) is 0 Å². The van der Waals surface area contributed by atoms with Crippen LogP contribution in [0.25, 0.3) is 0 Å². The molecule has 0 fully saturated rings. The van der Waals surface area contributed by atoms with Crippen LogP contribution in [-0.2, 0) is 4.79 Å². The highest BCUT2D eigenvalue weighted by atomic mass is 16.4. The van der Waals surface area contributed by atoms with Crippen molar-refractivity contribution < 1.29 is 19.8 Å². The Morgan fingerprint density at radius 2 is 1.31 bits per heavy atom. The summed E-state index contributed by atoms with van der Waals surface area (Å²) < 4.78 is 0. The van der Waals surface area contributed by atoms with Crippen LogP contribution in [0.1, 0.15) is 58.3 Å². The van der Waals surface area contributed by atoms with Crippen molar-refractivity contribution in [2.24, 2.45) is 5.73 Å². The second-order valence-corrected chi connectivity index (χ2v) is 3.60. The first kappa shape index (κ1) is 17.1. The summed E-state index contributed by atoms with van der Waals surface area (Å²) in [6.07, 6.45) is 7.31. The average Bonchev–Trinajstić information content (AvgIpc) is 2.15. The highest BCUT2D eigenvalue weighted by Crippen LogP contribution is 2.07. The quantitative estimate of drug-likeness (QED) is 0.561. The lowest BCUT2D eigenvalue weighted by atomic mass is 10.1. The van der Waals surface area contributed by atoms with Crippen molar-refractivity contribution in [3.63, 3.8) is 0 Å². The van der Waals surface area contributed by atoms with Gasteiger partial charge >= 0.3 is 12.1 Å². The fourth-order valence-corrected chi connectivity index (χ4v) is 1.23. The van der Waals surface area contributed by atoms with Gasteiger partial charge < -0.3 is 15.9 Å². The molecule has 0 bridgehead atoms. The van der Waals surface area contributed by atoms with Crippen LogP contribution in [0, 0.1) is 0 Å². The van der Waals surface area contributed by atoms with E-state index < -0.39 is 12.1 Å². The van der Waals surface area contributed by atoms with Gasteiger partial charge in [0, 0.05) is 6.42 Å². The number of amides is 1. The van der Waals surface area contributed by atoms with E-state index in [2.05, 4.69) is 12.7 Å². The van der Waals surface area contributed by atoms with Crippen molar-refractivity contribution in [2.75, 3.05) is 0 Å². The molecule has 0 aliphatic heterocycles. The molecule has 0 saturated heterocycles. The predicted molar refractivity (Wildman–Crippen MR) is 62.5 cm³/mol. The van der Waals surface area contributed by atoms with Crippen molar-refractivity contribution in [3.05, 3.63) is 0 Å². The number of nitrogens with two attached hydrogens (primary N) is 1. The maximum Gasteiger partial charge on any atom is 0.402 e. The summed E-state index contributed by atoms with van der Waals surface area (Å²) in [5, 5.41) is 15.5. The van der Waals surface area contributed by atoms with Crippen LogP contribution in [0.4, 0.5) is 4.79 Å². The molecule has 5 nitrogen and oxygen atoms in total. The second-order valence-electron chi connectivity index (χ2n) is 3.60. The minimum absolute atomic E-state index is 0.341. The molecule has 0 aromatic carbocycles. The maximum atomic E-state index is 10.1. The molecule has 0 heterocycles. The van der Waals surface area contributed by atoms with E-state index in [1.54, 1.807) is 0 Å². The van der Waals surface area contributed by atoms with Gasteiger partial charge in [0.1, 0.15) is 0 Å². The first-order valence-electron chi connectivity index (χ1n) is 5.70. The lowest BCUT2D eigenvalue weighted by molar-refractivity contribution is -0.137. The van der Waals surface area contributed by atoms with E-state index in [-0.39, 0.29) is 0 Å². The minimum atomic E-state index is -1.33. The summed E-state index contributed by atoms with van der Waals surface area (Å²) in [7, 11) is 0. The third kappa shape index (κ3) is 29.3. The van der Waals surface area contributed by atoms with Gasteiger partial charge in [0.2, 0.25) is 0 Å². The normalized spacial score (nSPS) is 9.06. The van der Waals surface area contributed by atoms with Gasteiger partial charge in [-0.2, -0.15) is 0 Å². The van der Waals surface area contributed by atoms with E-state index >= 15 is 0 Å². The first-order valence-corrected chi connectivity index (χ1v) is 5.70. The minimum Gasteiger partial charge on any atom is -0.481 e. The predicted octanol–water partition coefficient (Wildman–Crippen LogP) is 2.83. The summed E-state index contributed by atoms with van der Waals surface area (Å²) in [5.41, 5.74) is 4.03. The van der Waals surface area contributed by atoms with Gasteiger partial charge in [0.25, 0.3) is 0 Å². The van der Waals surface area contributed by atoms with E-state index in [0.717, 1.165) is 12.8 Å². The van der Waals surface area contributed by atoms with Crippen LogP contribution in [0.15, 0.2) is 0 Å². The third-order valence-electron chi connectivity index (χ3n) is 1.99. The summed E-state index contributed by atoms with van der Waals surface area (Å²) in [5.74, 6) is -0.663. The molecule has 4 N–H and O–H groups in total. The Morgan fingerprint density at radius 3 is 1.69 bits per heavy atom. The number of hydrogen-bond donors (Lipinski definition) is 3. The van der Waals surface area contributed by atoms with E-state index in [4.69, 9.17) is 15.0 Å². The van der Waals surface area contributed by atoms with Gasteiger partial charge in [0.15, 0.2) is 0 Å². The zero-order valence-electron chi connectivity index (χ0n) is 9.95. The van der Waals surface area contributed by atoms with Crippen LogP contribution < -0.4 is 5.73 Å². The van der Waals surface area contributed by atoms with Crippen molar-refractivity contribution in [1.29, 1.82) is 0 Å². The van der Waals surface area contributed by atoms with Crippen molar-refractivity contribution in [1.82, 2.24) is 0 Å². The fourth-order valence-electron chi connectivity index (χ4n) is 1.23. The number of hydrogen-bond acceptors (Lipinski definition) is 2. The Morgan fingerprint density at radius 1 is 0.938 bits per heavy atom. The Balaban J connectivity index is 0. The Bertz CT molecular complexity index is 179. The van der Waals surface area contributed by atoms with Crippen molar-refractivity contribution in [3.8, 4) is 0 Å². The van der Waals surface area contributed by atoms with Gasteiger partial charge in [-0.25, -0.2) is 4.79 Å². The highest BCUT2D eigenvalue weighted by Gasteiger charge is 1.95. The number of carboxylic acid groups (broad SMARTS) is 2. The molecule has 0 aromatic rings. The number of rotatable bonds is 8. The van der Waals surface area contributed by atoms with Crippen molar-refractivity contribution >= 4 is 12.1 Å². The van der Waals surface area contributed by atoms with Crippen molar-refractivity contribution in [2.45, 2.75) is 58.3 Å². The van der Waals surface area contributed by atoms with Gasteiger partial charge in [-0.05, 0) is 6.42 Å². The smallest absolute Gasteiger partial charge is 0.402 e. The summed E-state index contributed by atoms with van der Waals surface area (Å²) >= 11 is 0. The number of primary amides is 1. The Labute approximate surface area is 96.6 Å². The molecule has 0 spiro atoms. The molecule has 0 rings (SSSR count). The molecule has 0 radical (unpaired) electrons. The first-order chi connectivity index (χ1) is 7.50. The number of carbonyl (C=O) groups is 2.